The zero-order valence-corrected chi connectivity index (χ0v) is 12.1. The highest BCUT2D eigenvalue weighted by molar-refractivity contribution is 7.99. The molecule has 1 aromatic rings. The summed E-state index contributed by atoms with van der Waals surface area (Å²) in [7, 11) is 0. The molecule has 0 amide bonds. The molecule has 4 heteroatoms. The number of thioether (sulfide) groups is 1. The predicted octanol–water partition coefficient (Wildman–Crippen LogP) is 3.04. The van der Waals surface area contributed by atoms with Gasteiger partial charge in [0.05, 0.1) is 0 Å². The van der Waals surface area contributed by atoms with Crippen molar-refractivity contribution in [1.82, 2.24) is 5.32 Å². The van der Waals surface area contributed by atoms with Crippen LogP contribution in [0.15, 0.2) is 23.1 Å². The van der Waals surface area contributed by atoms with Crippen LogP contribution in [-0.4, -0.2) is 23.5 Å². The molecule has 1 atom stereocenters. The number of rotatable bonds is 7. The maximum Gasteiger partial charge on any atom is 0.128 e. The molecule has 0 spiro atoms. The highest BCUT2D eigenvalue weighted by Crippen LogP contribution is 2.26. The smallest absolute Gasteiger partial charge is 0.128 e. The topological polar surface area (TPSA) is 32.3 Å². The van der Waals surface area contributed by atoms with Crippen LogP contribution < -0.4 is 5.32 Å². The molecule has 102 valence electrons. The molecule has 2 N–H and O–H groups in total. The molecule has 0 aromatic heterocycles. The maximum atomic E-state index is 13.8. The van der Waals surface area contributed by atoms with Crippen LogP contribution in [0.1, 0.15) is 26.3 Å². The number of benzene rings is 1. The predicted molar refractivity (Wildman–Crippen MR) is 75.3 cm³/mol. The SMILES string of the molecule is CC(CO)CSc1cccc(F)c1CNC(C)C. The van der Waals surface area contributed by atoms with E-state index in [4.69, 9.17) is 5.11 Å². The quantitative estimate of drug-likeness (QED) is 0.748. The zero-order chi connectivity index (χ0) is 13.5. The third-order valence-electron chi connectivity index (χ3n) is 2.60. The Morgan fingerprint density at radius 3 is 2.67 bits per heavy atom. The van der Waals surface area contributed by atoms with E-state index in [1.807, 2.05) is 26.8 Å². The van der Waals surface area contributed by atoms with Crippen molar-refractivity contribution in [2.45, 2.75) is 38.3 Å². The molecule has 0 saturated heterocycles. The van der Waals surface area contributed by atoms with Gasteiger partial charge in [0, 0.05) is 35.4 Å². The third kappa shape index (κ3) is 4.96. The van der Waals surface area contributed by atoms with Gasteiger partial charge in [-0.1, -0.05) is 26.8 Å². The first-order chi connectivity index (χ1) is 8.54. The molecule has 1 unspecified atom stereocenters. The molecule has 0 radical (unpaired) electrons. The molecule has 0 bridgehead atoms. The first kappa shape index (κ1) is 15.5. The summed E-state index contributed by atoms with van der Waals surface area (Å²) in [6, 6.07) is 5.51. The van der Waals surface area contributed by atoms with Crippen LogP contribution in [-0.2, 0) is 6.54 Å². The van der Waals surface area contributed by atoms with Gasteiger partial charge in [-0.05, 0) is 18.1 Å². The summed E-state index contributed by atoms with van der Waals surface area (Å²) in [6.45, 7) is 6.78. The van der Waals surface area contributed by atoms with Crippen molar-refractivity contribution in [3.8, 4) is 0 Å². The first-order valence-electron chi connectivity index (χ1n) is 6.29. The fraction of sp³-hybridized carbons (Fsp3) is 0.571. The Balaban J connectivity index is 2.73. The summed E-state index contributed by atoms with van der Waals surface area (Å²) in [5.41, 5.74) is 0.723. The van der Waals surface area contributed by atoms with E-state index in [1.165, 1.54) is 6.07 Å². The number of nitrogens with one attached hydrogen (secondary N) is 1. The minimum absolute atomic E-state index is 0.162. The van der Waals surface area contributed by atoms with Gasteiger partial charge in [-0.15, -0.1) is 11.8 Å². The lowest BCUT2D eigenvalue weighted by molar-refractivity contribution is 0.250. The van der Waals surface area contributed by atoms with E-state index in [9.17, 15) is 4.39 Å². The maximum absolute atomic E-state index is 13.8. The molecule has 0 aliphatic rings. The van der Waals surface area contributed by atoms with Crippen LogP contribution in [0.5, 0.6) is 0 Å². The molecular formula is C14H22FNOS. The second-order valence-corrected chi connectivity index (χ2v) is 5.91. The minimum atomic E-state index is -0.162. The highest BCUT2D eigenvalue weighted by Gasteiger charge is 2.10. The first-order valence-corrected chi connectivity index (χ1v) is 7.27. The van der Waals surface area contributed by atoms with Crippen molar-refractivity contribution in [3.63, 3.8) is 0 Å². The van der Waals surface area contributed by atoms with Gasteiger partial charge in [0.1, 0.15) is 5.82 Å². The van der Waals surface area contributed by atoms with E-state index in [0.717, 1.165) is 16.2 Å². The van der Waals surface area contributed by atoms with Crippen molar-refractivity contribution in [2.75, 3.05) is 12.4 Å². The Morgan fingerprint density at radius 2 is 2.06 bits per heavy atom. The van der Waals surface area contributed by atoms with Crippen LogP contribution >= 0.6 is 11.8 Å². The molecule has 1 rings (SSSR count). The van der Waals surface area contributed by atoms with E-state index in [-0.39, 0.29) is 18.3 Å². The Kier molecular flexibility index (Phi) is 6.68. The summed E-state index contributed by atoms with van der Waals surface area (Å²) in [6.07, 6.45) is 0. The van der Waals surface area contributed by atoms with E-state index >= 15 is 0 Å². The van der Waals surface area contributed by atoms with Crippen molar-refractivity contribution in [2.24, 2.45) is 5.92 Å². The minimum Gasteiger partial charge on any atom is -0.396 e. The normalized spacial score (nSPS) is 13.0. The van der Waals surface area contributed by atoms with Gasteiger partial charge in [0.2, 0.25) is 0 Å². The van der Waals surface area contributed by atoms with Crippen molar-refractivity contribution >= 4 is 11.8 Å². The zero-order valence-electron chi connectivity index (χ0n) is 11.2. The van der Waals surface area contributed by atoms with Crippen molar-refractivity contribution in [3.05, 3.63) is 29.6 Å². The Morgan fingerprint density at radius 1 is 1.33 bits per heavy atom. The lowest BCUT2D eigenvalue weighted by Crippen LogP contribution is -2.22. The van der Waals surface area contributed by atoms with Crippen LogP contribution in [0.2, 0.25) is 0 Å². The largest absolute Gasteiger partial charge is 0.396 e. The molecule has 1 aromatic carbocycles. The number of hydrogen-bond donors (Lipinski definition) is 2. The average Bonchev–Trinajstić information content (AvgIpc) is 2.34. The Labute approximate surface area is 113 Å². The number of halogens is 1. The monoisotopic (exact) mass is 271 g/mol. The van der Waals surface area contributed by atoms with Gasteiger partial charge >= 0.3 is 0 Å². The summed E-state index contributed by atoms with van der Waals surface area (Å²) < 4.78 is 13.8. The second-order valence-electron chi connectivity index (χ2n) is 4.85. The van der Waals surface area contributed by atoms with Crippen LogP contribution in [0.3, 0.4) is 0 Å². The molecule has 0 fully saturated rings. The average molecular weight is 271 g/mol. The van der Waals surface area contributed by atoms with E-state index in [0.29, 0.717) is 12.6 Å². The molecule has 0 aliphatic heterocycles. The van der Waals surface area contributed by atoms with Gasteiger partial charge in [-0.3, -0.25) is 0 Å². The summed E-state index contributed by atoms with van der Waals surface area (Å²) in [4.78, 5) is 0.962. The Bertz CT molecular complexity index is 371. The molecule has 18 heavy (non-hydrogen) atoms. The summed E-state index contributed by atoms with van der Waals surface area (Å²) >= 11 is 1.61. The van der Waals surface area contributed by atoms with Gasteiger partial charge in [-0.2, -0.15) is 0 Å². The summed E-state index contributed by atoms with van der Waals surface area (Å²) in [5.74, 6) is 0.864. The second kappa shape index (κ2) is 7.77. The number of aliphatic hydroxyl groups is 1. The molecule has 0 aliphatic carbocycles. The number of aliphatic hydroxyl groups excluding tert-OH is 1. The third-order valence-corrected chi connectivity index (χ3v) is 4.03. The number of hydrogen-bond acceptors (Lipinski definition) is 3. The van der Waals surface area contributed by atoms with Gasteiger partial charge in [-0.25, -0.2) is 4.39 Å². The van der Waals surface area contributed by atoms with Crippen molar-refractivity contribution in [1.29, 1.82) is 0 Å². The van der Waals surface area contributed by atoms with Gasteiger partial charge < -0.3 is 10.4 Å². The fourth-order valence-corrected chi connectivity index (χ4v) is 2.52. The van der Waals surface area contributed by atoms with Crippen molar-refractivity contribution < 1.29 is 9.50 Å². The van der Waals surface area contributed by atoms with Crippen LogP contribution in [0, 0.1) is 11.7 Å². The van der Waals surface area contributed by atoms with E-state index in [1.54, 1.807) is 17.8 Å². The highest BCUT2D eigenvalue weighted by atomic mass is 32.2. The summed E-state index contributed by atoms with van der Waals surface area (Å²) in [5, 5.41) is 12.3. The standard InChI is InChI=1S/C14H22FNOS/c1-10(2)16-7-12-13(15)5-4-6-14(12)18-9-11(3)8-17/h4-6,10-11,16-17H,7-9H2,1-3H3. The van der Waals surface area contributed by atoms with E-state index in [2.05, 4.69) is 5.32 Å². The fourth-order valence-electron chi connectivity index (χ4n) is 1.44. The molecular weight excluding hydrogens is 249 g/mol. The Hall–Kier alpha value is -0.580. The van der Waals surface area contributed by atoms with Crippen LogP contribution in [0.25, 0.3) is 0 Å². The lowest BCUT2D eigenvalue weighted by atomic mass is 10.2. The molecule has 0 heterocycles. The lowest BCUT2D eigenvalue weighted by Gasteiger charge is -2.14. The van der Waals surface area contributed by atoms with Gasteiger partial charge in [0.25, 0.3) is 0 Å². The molecule has 2 nitrogen and oxygen atoms in total. The van der Waals surface area contributed by atoms with Crippen LogP contribution in [0.4, 0.5) is 4.39 Å². The van der Waals surface area contributed by atoms with E-state index < -0.39 is 0 Å². The molecule has 0 saturated carbocycles. The van der Waals surface area contributed by atoms with Gasteiger partial charge in [0.15, 0.2) is 0 Å².